The predicted octanol–water partition coefficient (Wildman–Crippen LogP) is 1.36. The van der Waals surface area contributed by atoms with Crippen molar-refractivity contribution in [3.8, 4) is 0 Å². The molecule has 4 heteroatoms. The maximum Gasteiger partial charge on any atom is 0.0615 e. The number of nitrogens with zero attached hydrogens (tertiary/aromatic N) is 1. The van der Waals surface area contributed by atoms with E-state index < -0.39 is 0 Å². The average molecular weight is 246 g/mol. The third-order valence-corrected chi connectivity index (χ3v) is 2.91. The first kappa shape index (κ1) is 16.8. The van der Waals surface area contributed by atoms with Crippen LogP contribution >= 0.6 is 0 Å². The van der Waals surface area contributed by atoms with Gasteiger partial charge in [0, 0.05) is 26.8 Å². The number of unbranched alkanes of at least 4 members (excludes halogenated alkanes) is 1. The van der Waals surface area contributed by atoms with Crippen molar-refractivity contribution in [1.82, 2.24) is 10.2 Å². The van der Waals surface area contributed by atoms with E-state index in [2.05, 4.69) is 24.1 Å². The molecule has 4 nitrogen and oxygen atoms in total. The van der Waals surface area contributed by atoms with Crippen molar-refractivity contribution in [1.29, 1.82) is 0 Å². The van der Waals surface area contributed by atoms with Gasteiger partial charge in [0.25, 0.3) is 0 Å². The molecule has 0 bridgehead atoms. The summed E-state index contributed by atoms with van der Waals surface area (Å²) in [6.45, 7) is 10.2. The zero-order valence-corrected chi connectivity index (χ0v) is 12.0. The molecule has 0 aliphatic carbocycles. The van der Waals surface area contributed by atoms with Crippen LogP contribution in [0.1, 0.15) is 26.7 Å². The van der Waals surface area contributed by atoms with E-state index in [4.69, 9.17) is 9.47 Å². The van der Waals surface area contributed by atoms with Gasteiger partial charge in [0.1, 0.15) is 0 Å². The molecular formula is C13H30N2O2. The van der Waals surface area contributed by atoms with Crippen LogP contribution < -0.4 is 5.32 Å². The molecule has 1 unspecified atom stereocenters. The van der Waals surface area contributed by atoms with Crippen LogP contribution in [0.15, 0.2) is 0 Å². The van der Waals surface area contributed by atoms with E-state index in [1.54, 1.807) is 14.2 Å². The molecule has 17 heavy (non-hydrogen) atoms. The second-order valence-corrected chi connectivity index (χ2v) is 4.39. The molecular weight excluding hydrogens is 216 g/mol. The number of rotatable bonds is 12. The lowest BCUT2D eigenvalue weighted by Gasteiger charge is -2.28. The van der Waals surface area contributed by atoms with Crippen LogP contribution in [-0.2, 0) is 9.47 Å². The molecule has 0 saturated heterocycles. The van der Waals surface area contributed by atoms with Gasteiger partial charge in [-0.3, -0.25) is 4.90 Å². The first-order valence-electron chi connectivity index (χ1n) is 6.68. The second kappa shape index (κ2) is 12.3. The molecule has 0 amide bonds. The van der Waals surface area contributed by atoms with E-state index in [0.717, 1.165) is 39.4 Å². The molecule has 0 rings (SSSR count). The van der Waals surface area contributed by atoms with Gasteiger partial charge in [0.15, 0.2) is 0 Å². The van der Waals surface area contributed by atoms with E-state index in [0.29, 0.717) is 6.04 Å². The maximum atomic E-state index is 5.21. The van der Waals surface area contributed by atoms with Crippen LogP contribution in [-0.4, -0.2) is 64.6 Å². The van der Waals surface area contributed by atoms with Crippen molar-refractivity contribution in [2.45, 2.75) is 32.7 Å². The summed E-state index contributed by atoms with van der Waals surface area (Å²) in [7, 11) is 3.51. The average Bonchev–Trinajstić information content (AvgIpc) is 2.33. The molecule has 1 atom stereocenters. The van der Waals surface area contributed by atoms with E-state index in [1.165, 1.54) is 12.8 Å². The van der Waals surface area contributed by atoms with Crippen molar-refractivity contribution in [3.63, 3.8) is 0 Å². The van der Waals surface area contributed by atoms with Gasteiger partial charge in [-0.15, -0.1) is 0 Å². The summed E-state index contributed by atoms with van der Waals surface area (Å²) >= 11 is 0. The topological polar surface area (TPSA) is 33.7 Å². The smallest absolute Gasteiger partial charge is 0.0615 e. The molecule has 0 aromatic heterocycles. The zero-order chi connectivity index (χ0) is 12.9. The molecule has 0 fully saturated rings. The highest BCUT2D eigenvalue weighted by atomic mass is 16.5. The SMILES string of the molecule is CCNCCCCN(CCOC)C(C)COC. The monoisotopic (exact) mass is 246 g/mol. The van der Waals surface area contributed by atoms with E-state index >= 15 is 0 Å². The fraction of sp³-hybridized carbons (Fsp3) is 1.00. The molecule has 0 aliphatic heterocycles. The number of ether oxygens (including phenoxy) is 2. The molecule has 0 aromatic carbocycles. The number of hydrogen-bond donors (Lipinski definition) is 1. The summed E-state index contributed by atoms with van der Waals surface area (Å²) in [5, 5.41) is 3.35. The molecule has 0 heterocycles. The Morgan fingerprint density at radius 2 is 1.88 bits per heavy atom. The van der Waals surface area contributed by atoms with Crippen LogP contribution in [0.5, 0.6) is 0 Å². The third-order valence-electron chi connectivity index (χ3n) is 2.91. The molecule has 0 aromatic rings. The van der Waals surface area contributed by atoms with Crippen LogP contribution in [0.3, 0.4) is 0 Å². The number of hydrogen-bond acceptors (Lipinski definition) is 4. The quantitative estimate of drug-likeness (QED) is 0.527. The van der Waals surface area contributed by atoms with Gasteiger partial charge in [-0.1, -0.05) is 6.92 Å². The number of nitrogens with one attached hydrogen (secondary N) is 1. The summed E-state index contributed by atoms with van der Waals surface area (Å²) in [4.78, 5) is 2.44. The van der Waals surface area contributed by atoms with Crippen LogP contribution in [0.4, 0.5) is 0 Å². The standard InChI is InChI=1S/C13H30N2O2/c1-5-14-8-6-7-9-15(10-11-16-3)13(2)12-17-4/h13-14H,5-12H2,1-4H3. The summed E-state index contributed by atoms with van der Waals surface area (Å²) in [6.07, 6.45) is 2.46. The Bertz CT molecular complexity index is 156. The largest absolute Gasteiger partial charge is 0.383 e. The van der Waals surface area contributed by atoms with Gasteiger partial charge in [-0.05, 0) is 39.4 Å². The first-order valence-corrected chi connectivity index (χ1v) is 6.68. The Morgan fingerprint density at radius 1 is 1.12 bits per heavy atom. The van der Waals surface area contributed by atoms with Gasteiger partial charge in [-0.2, -0.15) is 0 Å². The maximum absolute atomic E-state index is 5.21. The summed E-state index contributed by atoms with van der Waals surface area (Å²) < 4.78 is 10.4. The molecule has 0 saturated carbocycles. The molecule has 0 radical (unpaired) electrons. The lowest BCUT2D eigenvalue weighted by Crippen LogP contribution is -2.39. The van der Waals surface area contributed by atoms with Gasteiger partial charge in [-0.25, -0.2) is 0 Å². The van der Waals surface area contributed by atoms with Gasteiger partial charge in [0.2, 0.25) is 0 Å². The highest BCUT2D eigenvalue weighted by Crippen LogP contribution is 2.02. The minimum Gasteiger partial charge on any atom is -0.383 e. The Morgan fingerprint density at radius 3 is 2.47 bits per heavy atom. The first-order chi connectivity index (χ1) is 8.26. The molecule has 1 N–H and O–H groups in total. The summed E-state index contributed by atoms with van der Waals surface area (Å²) in [5.74, 6) is 0. The minimum absolute atomic E-state index is 0.467. The van der Waals surface area contributed by atoms with Gasteiger partial charge in [0.05, 0.1) is 13.2 Å². The lowest BCUT2D eigenvalue weighted by atomic mass is 10.2. The normalized spacial score (nSPS) is 13.2. The minimum atomic E-state index is 0.467. The Labute approximate surface area is 107 Å². The molecule has 0 spiro atoms. The Kier molecular flexibility index (Phi) is 12.2. The Balaban J connectivity index is 3.75. The summed E-state index contributed by atoms with van der Waals surface area (Å²) in [6, 6.07) is 0.467. The highest BCUT2D eigenvalue weighted by molar-refractivity contribution is 4.67. The summed E-state index contributed by atoms with van der Waals surface area (Å²) in [5.41, 5.74) is 0. The van der Waals surface area contributed by atoms with Crippen molar-refractivity contribution in [2.24, 2.45) is 0 Å². The van der Waals surface area contributed by atoms with E-state index in [9.17, 15) is 0 Å². The van der Waals surface area contributed by atoms with E-state index in [-0.39, 0.29) is 0 Å². The zero-order valence-electron chi connectivity index (χ0n) is 12.0. The van der Waals surface area contributed by atoms with Gasteiger partial charge >= 0.3 is 0 Å². The lowest BCUT2D eigenvalue weighted by molar-refractivity contribution is 0.0741. The highest BCUT2D eigenvalue weighted by Gasteiger charge is 2.12. The number of methoxy groups -OCH3 is 2. The van der Waals surface area contributed by atoms with Crippen molar-refractivity contribution in [2.75, 3.05) is 53.6 Å². The van der Waals surface area contributed by atoms with Crippen molar-refractivity contribution < 1.29 is 9.47 Å². The van der Waals surface area contributed by atoms with Crippen LogP contribution in [0, 0.1) is 0 Å². The molecule has 0 aliphatic rings. The van der Waals surface area contributed by atoms with Crippen LogP contribution in [0.2, 0.25) is 0 Å². The van der Waals surface area contributed by atoms with Crippen LogP contribution in [0.25, 0.3) is 0 Å². The van der Waals surface area contributed by atoms with Crippen molar-refractivity contribution in [3.05, 3.63) is 0 Å². The van der Waals surface area contributed by atoms with Gasteiger partial charge < -0.3 is 14.8 Å². The third kappa shape index (κ3) is 9.53. The molecule has 104 valence electrons. The Hall–Kier alpha value is -0.160. The van der Waals surface area contributed by atoms with E-state index in [1.807, 2.05) is 0 Å². The second-order valence-electron chi connectivity index (χ2n) is 4.39. The predicted molar refractivity (Wildman–Crippen MR) is 72.6 cm³/mol. The van der Waals surface area contributed by atoms with Crippen molar-refractivity contribution >= 4 is 0 Å². The fourth-order valence-electron chi connectivity index (χ4n) is 1.85. The fourth-order valence-corrected chi connectivity index (χ4v) is 1.85.